The highest BCUT2D eigenvalue weighted by atomic mass is 32.2. The summed E-state index contributed by atoms with van der Waals surface area (Å²) in [6.07, 6.45) is 5.02. The molecule has 252 valence electrons. The molecule has 0 spiro atoms. The number of thioether (sulfide) groups is 3. The van der Waals surface area contributed by atoms with Crippen molar-refractivity contribution in [2.24, 2.45) is 0 Å². The van der Waals surface area contributed by atoms with Crippen molar-refractivity contribution in [1.82, 2.24) is 9.80 Å². The Morgan fingerprint density at radius 1 is 0.468 bits per heavy atom. The van der Waals surface area contributed by atoms with Gasteiger partial charge in [0.15, 0.2) is 0 Å². The van der Waals surface area contributed by atoms with Crippen LogP contribution in [0, 0.1) is 0 Å². The second-order valence-corrected chi connectivity index (χ2v) is 16.3. The lowest BCUT2D eigenvalue weighted by atomic mass is 9.85. The van der Waals surface area contributed by atoms with Crippen LogP contribution >= 0.6 is 35.3 Å². The van der Waals surface area contributed by atoms with E-state index in [0.717, 1.165) is 11.5 Å². The van der Waals surface area contributed by atoms with E-state index in [4.69, 9.17) is 0 Å². The Morgan fingerprint density at radius 2 is 0.809 bits per heavy atom. The molecule has 0 aliphatic carbocycles. The first-order valence-corrected chi connectivity index (χ1v) is 20.5. The largest absolute Gasteiger partial charge is 0.305 e. The minimum atomic E-state index is 0.300. The molecular formula is C42H56N2S3. The Morgan fingerprint density at radius 3 is 1.13 bits per heavy atom. The number of nitrogens with zero attached hydrogens (tertiary/aromatic N) is 2. The molecule has 5 heteroatoms. The number of unbranched alkanes of at least 4 members (excludes halogenated alkanes) is 2. The maximum Gasteiger partial charge on any atom is 0.0289 e. The van der Waals surface area contributed by atoms with Crippen molar-refractivity contribution in [3.05, 3.63) is 131 Å². The van der Waals surface area contributed by atoms with Crippen LogP contribution in [0.4, 0.5) is 0 Å². The van der Waals surface area contributed by atoms with Crippen molar-refractivity contribution in [3.8, 4) is 0 Å². The van der Waals surface area contributed by atoms with Crippen LogP contribution in [-0.2, 0) is 0 Å². The quantitative estimate of drug-likeness (QED) is 0.0673. The average Bonchev–Trinajstić information content (AvgIpc) is 3.09. The first-order chi connectivity index (χ1) is 22.9. The average molecular weight is 685 g/mol. The molecule has 2 nitrogen and oxygen atoms in total. The van der Waals surface area contributed by atoms with Crippen LogP contribution in [0.3, 0.4) is 0 Å². The predicted octanol–water partition coefficient (Wildman–Crippen LogP) is 11.0. The first-order valence-electron chi connectivity index (χ1n) is 17.4. The van der Waals surface area contributed by atoms with E-state index in [1.165, 1.54) is 69.2 Å². The van der Waals surface area contributed by atoms with Crippen molar-refractivity contribution < 1.29 is 0 Å². The zero-order valence-corrected chi connectivity index (χ0v) is 31.9. The van der Waals surface area contributed by atoms with E-state index in [1.807, 2.05) is 23.5 Å². The molecule has 0 aliphatic rings. The topological polar surface area (TPSA) is 6.48 Å². The fraction of sp³-hybridized carbons (Fsp3) is 0.429. The molecule has 4 unspecified atom stereocenters. The van der Waals surface area contributed by atoms with Gasteiger partial charge in [0.1, 0.15) is 0 Å². The summed E-state index contributed by atoms with van der Waals surface area (Å²) in [6.45, 7) is 4.53. The van der Waals surface area contributed by atoms with Crippen LogP contribution < -0.4 is 0 Å². The fourth-order valence-electron chi connectivity index (χ4n) is 6.20. The van der Waals surface area contributed by atoms with Crippen LogP contribution in [-0.4, -0.2) is 73.1 Å². The van der Waals surface area contributed by atoms with Crippen LogP contribution in [0.1, 0.15) is 73.6 Å². The highest BCUT2D eigenvalue weighted by Crippen LogP contribution is 2.36. The molecule has 0 N–H and O–H groups in total. The molecule has 0 aromatic heterocycles. The second-order valence-electron chi connectivity index (χ2n) is 12.9. The van der Waals surface area contributed by atoms with Crippen LogP contribution in [0.15, 0.2) is 119 Å². The summed E-state index contributed by atoms with van der Waals surface area (Å²) in [5, 5.41) is 0. The zero-order chi connectivity index (χ0) is 33.4. The number of likely N-dealkylation sites (N-methyl/N-ethyl adjacent to an activating group) is 2. The van der Waals surface area contributed by atoms with Gasteiger partial charge in [-0.2, -0.15) is 11.8 Å². The molecule has 0 fully saturated rings. The minimum Gasteiger partial charge on any atom is -0.305 e. The van der Waals surface area contributed by atoms with E-state index >= 15 is 0 Å². The molecule has 0 radical (unpaired) electrons. The molecule has 0 saturated heterocycles. The van der Waals surface area contributed by atoms with Gasteiger partial charge in [-0.05, 0) is 99.1 Å². The number of hydrogen-bond donors (Lipinski definition) is 0. The predicted molar refractivity (Wildman–Crippen MR) is 213 cm³/mol. The van der Waals surface area contributed by atoms with E-state index in [1.54, 1.807) is 0 Å². The smallest absolute Gasteiger partial charge is 0.0289 e. The molecule has 0 aliphatic heterocycles. The zero-order valence-electron chi connectivity index (χ0n) is 29.5. The molecule has 4 atom stereocenters. The monoisotopic (exact) mass is 684 g/mol. The third kappa shape index (κ3) is 11.5. The summed E-state index contributed by atoms with van der Waals surface area (Å²) in [5.41, 5.74) is 5.58. The Labute approximate surface area is 299 Å². The van der Waals surface area contributed by atoms with Gasteiger partial charge in [0.2, 0.25) is 0 Å². The van der Waals surface area contributed by atoms with Gasteiger partial charge >= 0.3 is 0 Å². The van der Waals surface area contributed by atoms with E-state index in [2.05, 4.69) is 173 Å². The van der Waals surface area contributed by atoms with Crippen LogP contribution in [0.5, 0.6) is 0 Å². The highest BCUT2D eigenvalue weighted by Gasteiger charge is 2.30. The van der Waals surface area contributed by atoms with Crippen molar-refractivity contribution in [1.29, 1.82) is 0 Å². The van der Waals surface area contributed by atoms with Crippen LogP contribution in [0.25, 0.3) is 0 Å². The van der Waals surface area contributed by atoms with Crippen molar-refractivity contribution in [3.63, 3.8) is 0 Å². The number of hydrogen-bond acceptors (Lipinski definition) is 5. The van der Waals surface area contributed by atoms with Gasteiger partial charge in [-0.1, -0.05) is 112 Å². The van der Waals surface area contributed by atoms with Crippen molar-refractivity contribution in [2.75, 3.05) is 51.2 Å². The SMILES string of the molecule is CCCCSc1ccc(C(c2ccccc2)C(CSCC(C(c2ccccc2)c2ccc(SCCCC)cc2)N(C)C)N(C)C)cc1. The molecule has 4 aromatic carbocycles. The van der Waals surface area contributed by atoms with Gasteiger partial charge in [-0.15, -0.1) is 23.5 Å². The van der Waals surface area contributed by atoms with Gasteiger partial charge in [0, 0.05) is 45.2 Å². The van der Waals surface area contributed by atoms with Crippen molar-refractivity contribution in [2.45, 2.75) is 73.2 Å². The first kappa shape index (κ1) is 37.7. The van der Waals surface area contributed by atoms with Crippen molar-refractivity contribution >= 4 is 35.3 Å². The normalized spacial score (nSPS) is 14.3. The minimum absolute atomic E-state index is 0.300. The Balaban J connectivity index is 1.56. The standard InChI is InChI=1S/C42H56N2S3/c1-7-9-29-46-37-25-21-35(22-26-37)41(33-17-13-11-14-18-33)39(43(3)4)31-45-32-40(44(5)6)42(34-19-15-12-16-20-34)36-23-27-38(28-24-36)47-30-10-8-2/h11-28,39-42H,7-10,29-32H2,1-6H3. The van der Waals surface area contributed by atoms with Gasteiger partial charge in [0.25, 0.3) is 0 Å². The Hall–Kier alpha value is -2.15. The summed E-state index contributed by atoms with van der Waals surface area (Å²) >= 11 is 6.06. The number of rotatable bonds is 20. The maximum absolute atomic E-state index is 2.45. The molecule has 4 aromatic rings. The lowest BCUT2D eigenvalue weighted by Crippen LogP contribution is -2.39. The highest BCUT2D eigenvalue weighted by molar-refractivity contribution is 7.99. The Kier molecular flexibility index (Phi) is 16.3. The summed E-state index contributed by atoms with van der Waals surface area (Å²) in [4.78, 5) is 7.64. The van der Waals surface area contributed by atoms with Gasteiger partial charge < -0.3 is 9.80 Å². The van der Waals surface area contributed by atoms with Gasteiger partial charge in [-0.25, -0.2) is 0 Å². The summed E-state index contributed by atoms with van der Waals surface area (Å²) < 4.78 is 0. The van der Waals surface area contributed by atoms with E-state index < -0.39 is 0 Å². The maximum atomic E-state index is 2.45. The Bertz CT molecular complexity index is 1280. The molecule has 47 heavy (non-hydrogen) atoms. The van der Waals surface area contributed by atoms with Gasteiger partial charge in [-0.3, -0.25) is 0 Å². The molecule has 0 bridgehead atoms. The van der Waals surface area contributed by atoms with E-state index in [9.17, 15) is 0 Å². The van der Waals surface area contributed by atoms with Gasteiger partial charge in [0.05, 0.1) is 0 Å². The lowest BCUT2D eigenvalue weighted by Gasteiger charge is -2.36. The number of benzene rings is 4. The molecular weight excluding hydrogens is 629 g/mol. The molecule has 0 amide bonds. The summed E-state index contributed by atoms with van der Waals surface area (Å²) in [6, 6.07) is 41.9. The third-order valence-corrected chi connectivity index (χ3v) is 12.4. The summed E-state index contributed by atoms with van der Waals surface area (Å²) in [7, 11) is 9.03. The van der Waals surface area contributed by atoms with E-state index in [0.29, 0.717) is 23.9 Å². The molecule has 0 saturated carbocycles. The van der Waals surface area contributed by atoms with E-state index in [-0.39, 0.29) is 0 Å². The lowest BCUT2D eigenvalue weighted by molar-refractivity contribution is 0.288. The third-order valence-electron chi connectivity index (χ3n) is 9.00. The summed E-state index contributed by atoms with van der Waals surface area (Å²) in [5.74, 6) is 5.08. The fourth-order valence-corrected chi connectivity index (χ4v) is 9.80. The van der Waals surface area contributed by atoms with Crippen LogP contribution in [0.2, 0.25) is 0 Å². The second kappa shape index (κ2) is 20.4. The molecule has 0 heterocycles. The molecule has 4 rings (SSSR count).